The Morgan fingerprint density at radius 2 is 0.913 bits per heavy atom. The lowest BCUT2D eigenvalue weighted by Crippen LogP contribution is -2.31. The lowest BCUT2D eigenvalue weighted by molar-refractivity contribution is 0.0634. The van der Waals surface area contributed by atoms with E-state index in [1.165, 1.54) is 9.80 Å². The van der Waals surface area contributed by atoms with Crippen molar-refractivity contribution < 1.29 is 28.8 Å². The molecule has 4 aromatic rings. The summed E-state index contributed by atoms with van der Waals surface area (Å²) in [5, 5.41) is 0. The Balaban J connectivity index is 0.948. The number of fused-ring (bicyclic) bond motifs is 4. The molecule has 228 valence electrons. The van der Waals surface area contributed by atoms with E-state index in [1.807, 2.05) is 36.4 Å². The first-order chi connectivity index (χ1) is 22.3. The molecule has 0 fully saturated rings. The summed E-state index contributed by atoms with van der Waals surface area (Å²) in [6.45, 7) is 0.364. The zero-order valence-electron chi connectivity index (χ0n) is 24.8. The van der Waals surface area contributed by atoms with Gasteiger partial charge < -0.3 is 0 Å². The van der Waals surface area contributed by atoms with Crippen molar-refractivity contribution in [3.05, 3.63) is 129 Å². The van der Waals surface area contributed by atoms with Gasteiger partial charge in [-0.05, 0) is 78.9 Å². The summed E-state index contributed by atoms with van der Waals surface area (Å²) >= 11 is 1.60. The molecule has 0 saturated carbocycles. The molecule has 9 heteroatoms. The highest BCUT2D eigenvalue weighted by atomic mass is 32.2. The Morgan fingerprint density at radius 1 is 0.543 bits per heavy atom. The van der Waals surface area contributed by atoms with Crippen molar-refractivity contribution in [1.29, 1.82) is 0 Å². The first-order valence-electron chi connectivity index (χ1n) is 15.2. The minimum atomic E-state index is -0.321. The van der Waals surface area contributed by atoms with Gasteiger partial charge in [0.15, 0.2) is 11.6 Å². The van der Waals surface area contributed by atoms with Crippen molar-refractivity contribution in [3.63, 3.8) is 0 Å². The molecule has 4 aromatic carbocycles. The molecule has 3 aliphatic heterocycles. The van der Waals surface area contributed by atoms with Gasteiger partial charge in [0.25, 0.3) is 23.6 Å². The minimum absolute atomic E-state index is 0.0582. The van der Waals surface area contributed by atoms with Crippen LogP contribution in [0.3, 0.4) is 0 Å². The van der Waals surface area contributed by atoms with Gasteiger partial charge in [0.2, 0.25) is 0 Å². The molecule has 4 amide bonds. The number of rotatable bonds is 10. The van der Waals surface area contributed by atoms with Crippen molar-refractivity contribution in [1.82, 2.24) is 9.80 Å². The van der Waals surface area contributed by atoms with Crippen LogP contribution < -0.4 is 0 Å². The number of nitrogens with zero attached hydrogens (tertiary/aromatic N) is 2. The number of ketones is 2. The van der Waals surface area contributed by atoms with Crippen molar-refractivity contribution in [2.45, 2.75) is 41.9 Å². The van der Waals surface area contributed by atoms with E-state index in [0.717, 1.165) is 20.9 Å². The number of Topliss-reactive ketones (excluding diaryl/α,β-unsaturated/α-hetero) is 2. The van der Waals surface area contributed by atoms with Crippen LogP contribution in [0.5, 0.6) is 0 Å². The Hall–Kier alpha value is -5.15. The number of amides is 4. The van der Waals surface area contributed by atoms with Crippen LogP contribution >= 0.6 is 11.8 Å². The lowest BCUT2D eigenvalue weighted by Gasteiger charge is -2.20. The third kappa shape index (κ3) is 5.26. The Kier molecular flexibility index (Phi) is 7.70. The molecule has 0 aliphatic carbocycles. The van der Waals surface area contributed by atoms with Crippen molar-refractivity contribution in [2.75, 3.05) is 13.1 Å². The zero-order chi connectivity index (χ0) is 31.9. The van der Waals surface area contributed by atoms with Crippen LogP contribution in [0.2, 0.25) is 0 Å². The topological polar surface area (TPSA) is 109 Å². The van der Waals surface area contributed by atoms with Crippen LogP contribution in [-0.4, -0.2) is 58.1 Å². The predicted octanol–water partition coefficient (Wildman–Crippen LogP) is 6.26. The van der Waals surface area contributed by atoms with E-state index >= 15 is 0 Å². The second-order valence-corrected chi connectivity index (χ2v) is 12.7. The molecule has 0 bridgehead atoms. The third-order valence-corrected chi connectivity index (χ3v) is 9.93. The largest absolute Gasteiger partial charge is 0.294 e. The van der Waals surface area contributed by atoms with Crippen molar-refractivity contribution in [3.8, 4) is 0 Å². The predicted molar refractivity (Wildman–Crippen MR) is 171 cm³/mol. The smallest absolute Gasteiger partial charge is 0.261 e. The van der Waals surface area contributed by atoms with Crippen LogP contribution in [0.1, 0.15) is 99.0 Å². The van der Waals surface area contributed by atoms with Gasteiger partial charge in [-0.1, -0.05) is 48.2 Å². The summed E-state index contributed by atoms with van der Waals surface area (Å²) in [4.78, 5) is 81.2. The number of hydrogen-bond acceptors (Lipinski definition) is 7. The van der Waals surface area contributed by atoms with E-state index in [9.17, 15) is 28.8 Å². The fourth-order valence-electron chi connectivity index (χ4n) is 6.27. The maximum atomic E-state index is 13.1. The molecule has 3 heterocycles. The summed E-state index contributed by atoms with van der Waals surface area (Å²) in [5.41, 5.74) is 4.75. The monoisotopic (exact) mass is 628 g/mol. The quantitative estimate of drug-likeness (QED) is 0.133. The molecular formula is C37H28N2O6S. The molecule has 7 rings (SSSR count). The number of carbonyl (C=O) groups excluding carboxylic acids is 6. The summed E-state index contributed by atoms with van der Waals surface area (Å²) < 4.78 is 0. The van der Waals surface area contributed by atoms with E-state index in [0.29, 0.717) is 52.6 Å². The molecule has 0 spiro atoms. The van der Waals surface area contributed by atoms with Gasteiger partial charge in [0, 0.05) is 46.8 Å². The highest BCUT2D eigenvalue weighted by Crippen LogP contribution is 2.40. The Bertz CT molecular complexity index is 1790. The zero-order valence-corrected chi connectivity index (χ0v) is 25.6. The van der Waals surface area contributed by atoms with Gasteiger partial charge >= 0.3 is 0 Å². The van der Waals surface area contributed by atoms with Crippen molar-refractivity contribution in [2.24, 2.45) is 0 Å². The maximum Gasteiger partial charge on any atom is 0.261 e. The molecule has 0 radical (unpaired) electrons. The Morgan fingerprint density at radius 3 is 1.28 bits per heavy atom. The first kappa shape index (κ1) is 29.6. The van der Waals surface area contributed by atoms with Crippen LogP contribution in [0.25, 0.3) is 0 Å². The minimum Gasteiger partial charge on any atom is -0.294 e. The molecule has 0 atom stereocenters. The van der Waals surface area contributed by atoms with Gasteiger partial charge in [-0.2, -0.15) is 0 Å². The number of benzene rings is 4. The fourth-order valence-corrected chi connectivity index (χ4v) is 7.31. The SMILES string of the molecule is O=C(CCCN1C(=O)c2ccccc2C1=O)c1ccc2c(c1)Cc1cc(C(=O)CCCN3C(=O)c4ccccc4C3=O)ccc1S2. The fraction of sp³-hybridized carbons (Fsp3) is 0.189. The summed E-state index contributed by atoms with van der Waals surface area (Å²) in [5.74, 6) is -1.40. The molecule has 3 aliphatic rings. The molecule has 0 N–H and O–H groups in total. The molecule has 46 heavy (non-hydrogen) atoms. The number of hydrogen-bond donors (Lipinski definition) is 0. The van der Waals surface area contributed by atoms with E-state index < -0.39 is 0 Å². The van der Waals surface area contributed by atoms with Gasteiger partial charge in [-0.15, -0.1) is 0 Å². The highest BCUT2D eigenvalue weighted by Gasteiger charge is 2.35. The van der Waals surface area contributed by atoms with Crippen LogP contribution in [-0.2, 0) is 6.42 Å². The highest BCUT2D eigenvalue weighted by molar-refractivity contribution is 7.99. The van der Waals surface area contributed by atoms with Crippen molar-refractivity contribution >= 4 is 47.0 Å². The average Bonchev–Trinajstić information content (AvgIpc) is 3.47. The number of carbonyl (C=O) groups is 6. The van der Waals surface area contributed by atoms with Crippen LogP contribution in [0.15, 0.2) is 94.7 Å². The first-order valence-corrected chi connectivity index (χ1v) is 16.0. The molecule has 8 nitrogen and oxygen atoms in total. The standard InChI is InChI=1S/C37H28N2O6S/c40-30(11-5-17-38-34(42)26-7-1-2-8-27(26)35(38)43)22-13-15-32-24(19-22)21-25-20-23(14-16-33(25)46-32)31(41)12-6-18-39-36(44)28-9-3-4-10-29(28)37(39)45/h1-4,7-10,13-16,19-20H,5-6,11-12,17-18,21H2. The average molecular weight is 629 g/mol. The van der Waals surface area contributed by atoms with Gasteiger partial charge in [-0.25, -0.2) is 0 Å². The van der Waals surface area contributed by atoms with Crippen LogP contribution in [0, 0.1) is 0 Å². The Labute approximate surface area is 269 Å². The lowest BCUT2D eigenvalue weighted by atomic mass is 9.96. The number of imide groups is 2. The molecule has 0 saturated heterocycles. The third-order valence-electron chi connectivity index (χ3n) is 8.69. The van der Waals surface area contributed by atoms with E-state index in [2.05, 4.69) is 0 Å². The summed E-state index contributed by atoms with van der Waals surface area (Å²) in [6.07, 6.45) is 1.73. The maximum absolute atomic E-state index is 13.1. The normalized spacial score (nSPS) is 14.7. The van der Waals surface area contributed by atoms with E-state index in [4.69, 9.17) is 0 Å². The van der Waals surface area contributed by atoms with E-state index in [-0.39, 0.29) is 61.1 Å². The molecule has 0 aromatic heterocycles. The van der Waals surface area contributed by atoms with Crippen LogP contribution in [0.4, 0.5) is 0 Å². The van der Waals surface area contributed by atoms with E-state index in [1.54, 1.807) is 60.3 Å². The summed E-state index contributed by atoms with van der Waals surface area (Å²) in [7, 11) is 0. The second kappa shape index (κ2) is 12.0. The summed E-state index contributed by atoms with van der Waals surface area (Å²) in [6, 6.07) is 24.8. The van der Waals surface area contributed by atoms with Gasteiger partial charge in [-0.3, -0.25) is 38.6 Å². The molecule has 0 unspecified atom stereocenters. The second-order valence-electron chi connectivity index (χ2n) is 11.6. The van der Waals surface area contributed by atoms with Gasteiger partial charge in [0.1, 0.15) is 0 Å². The van der Waals surface area contributed by atoms with Gasteiger partial charge in [0.05, 0.1) is 22.3 Å². The molecular weight excluding hydrogens is 600 g/mol.